The first-order valence-electron chi connectivity index (χ1n) is 9.46. The number of nitrogens with zero attached hydrogens (tertiary/aromatic N) is 3. The second kappa shape index (κ2) is 10.6. The summed E-state index contributed by atoms with van der Waals surface area (Å²) < 4.78 is 11.0. The van der Waals surface area contributed by atoms with Crippen LogP contribution in [0.2, 0.25) is 0 Å². The molecule has 144 valence electrons. The first-order valence-corrected chi connectivity index (χ1v) is 9.46. The van der Waals surface area contributed by atoms with E-state index in [1.165, 1.54) is 0 Å². The Labute approximate surface area is 160 Å². The molecule has 6 heteroatoms. The standard InChI is InChI=1S/C21H27N3O3/c25-21(18-27-20-5-2-1-3-6-20)24(17-19-7-9-22-10-8-19)12-4-11-23-13-15-26-16-14-23/h1-3,5-10H,4,11-18H2. The van der Waals surface area contributed by atoms with Gasteiger partial charge in [-0.2, -0.15) is 0 Å². The first-order chi connectivity index (χ1) is 13.3. The number of benzene rings is 1. The van der Waals surface area contributed by atoms with E-state index in [-0.39, 0.29) is 12.5 Å². The number of aromatic nitrogens is 1. The molecule has 0 bridgehead atoms. The summed E-state index contributed by atoms with van der Waals surface area (Å²) in [7, 11) is 0. The molecular formula is C21H27N3O3. The fraction of sp³-hybridized carbons (Fsp3) is 0.429. The smallest absolute Gasteiger partial charge is 0.260 e. The SMILES string of the molecule is O=C(COc1ccccc1)N(CCCN1CCOCC1)Cc1ccncc1. The number of ether oxygens (including phenoxy) is 2. The highest BCUT2D eigenvalue weighted by atomic mass is 16.5. The molecule has 3 rings (SSSR count). The predicted molar refractivity (Wildman–Crippen MR) is 103 cm³/mol. The zero-order valence-corrected chi connectivity index (χ0v) is 15.6. The van der Waals surface area contributed by atoms with Crippen LogP contribution in [0.3, 0.4) is 0 Å². The number of para-hydroxylation sites is 1. The number of carbonyl (C=O) groups is 1. The monoisotopic (exact) mass is 369 g/mol. The highest BCUT2D eigenvalue weighted by Crippen LogP contribution is 2.10. The van der Waals surface area contributed by atoms with Crippen LogP contribution in [0, 0.1) is 0 Å². The zero-order chi connectivity index (χ0) is 18.7. The van der Waals surface area contributed by atoms with Crippen molar-refractivity contribution in [1.82, 2.24) is 14.8 Å². The lowest BCUT2D eigenvalue weighted by Crippen LogP contribution is -2.40. The van der Waals surface area contributed by atoms with Crippen LogP contribution < -0.4 is 4.74 Å². The van der Waals surface area contributed by atoms with Crippen LogP contribution in [-0.4, -0.2) is 66.7 Å². The number of rotatable bonds is 9. The number of amides is 1. The molecule has 0 unspecified atom stereocenters. The first kappa shape index (κ1) is 19.3. The molecule has 0 aliphatic carbocycles. The van der Waals surface area contributed by atoms with Crippen LogP contribution in [0.1, 0.15) is 12.0 Å². The van der Waals surface area contributed by atoms with E-state index in [4.69, 9.17) is 9.47 Å². The molecule has 27 heavy (non-hydrogen) atoms. The van der Waals surface area contributed by atoms with Gasteiger partial charge in [0.2, 0.25) is 0 Å². The van der Waals surface area contributed by atoms with Crippen LogP contribution in [0.5, 0.6) is 5.75 Å². The molecule has 1 fully saturated rings. The molecule has 0 radical (unpaired) electrons. The Bertz CT molecular complexity index is 676. The fourth-order valence-electron chi connectivity index (χ4n) is 3.06. The number of hydrogen-bond acceptors (Lipinski definition) is 5. The van der Waals surface area contributed by atoms with Gasteiger partial charge in [0.25, 0.3) is 5.91 Å². The molecule has 0 N–H and O–H groups in total. The molecule has 1 aliphatic heterocycles. The van der Waals surface area contributed by atoms with Gasteiger partial charge in [-0.05, 0) is 36.2 Å². The molecule has 6 nitrogen and oxygen atoms in total. The second-order valence-corrected chi connectivity index (χ2v) is 6.58. The van der Waals surface area contributed by atoms with Crippen molar-refractivity contribution >= 4 is 5.91 Å². The number of hydrogen-bond donors (Lipinski definition) is 0. The Hall–Kier alpha value is -2.44. The fourth-order valence-corrected chi connectivity index (χ4v) is 3.06. The van der Waals surface area contributed by atoms with Gasteiger partial charge in [-0.15, -0.1) is 0 Å². The van der Waals surface area contributed by atoms with E-state index < -0.39 is 0 Å². The lowest BCUT2D eigenvalue weighted by atomic mass is 10.2. The molecule has 1 aromatic heterocycles. The van der Waals surface area contributed by atoms with Gasteiger partial charge < -0.3 is 14.4 Å². The molecule has 2 heterocycles. The Morgan fingerprint density at radius 2 is 1.85 bits per heavy atom. The van der Waals surface area contributed by atoms with Crippen molar-refractivity contribution in [2.24, 2.45) is 0 Å². The number of pyridine rings is 1. The van der Waals surface area contributed by atoms with Crippen LogP contribution in [0.25, 0.3) is 0 Å². The van der Waals surface area contributed by atoms with Crippen LogP contribution in [0.4, 0.5) is 0 Å². The summed E-state index contributed by atoms with van der Waals surface area (Å²) >= 11 is 0. The molecule has 1 saturated heterocycles. The van der Waals surface area contributed by atoms with Crippen LogP contribution in [-0.2, 0) is 16.1 Å². The molecular weight excluding hydrogens is 342 g/mol. The maximum atomic E-state index is 12.8. The summed E-state index contributed by atoms with van der Waals surface area (Å²) in [6.07, 6.45) is 4.44. The van der Waals surface area contributed by atoms with E-state index in [9.17, 15) is 4.79 Å². The van der Waals surface area contributed by atoms with Crippen LogP contribution in [0.15, 0.2) is 54.9 Å². The van der Waals surface area contributed by atoms with E-state index >= 15 is 0 Å². The summed E-state index contributed by atoms with van der Waals surface area (Å²) in [5, 5.41) is 0. The third kappa shape index (κ3) is 6.66. The summed E-state index contributed by atoms with van der Waals surface area (Å²) in [5.74, 6) is 0.709. The maximum Gasteiger partial charge on any atom is 0.260 e. The average Bonchev–Trinajstić information content (AvgIpc) is 2.73. The summed E-state index contributed by atoms with van der Waals surface area (Å²) in [5.41, 5.74) is 1.07. The summed E-state index contributed by atoms with van der Waals surface area (Å²) in [4.78, 5) is 21.1. The van der Waals surface area contributed by atoms with Crippen LogP contribution >= 0.6 is 0 Å². The van der Waals surface area contributed by atoms with Gasteiger partial charge in [0.05, 0.1) is 13.2 Å². The molecule has 1 aliphatic rings. The third-order valence-electron chi connectivity index (χ3n) is 4.59. The minimum absolute atomic E-state index is 0.00218. The second-order valence-electron chi connectivity index (χ2n) is 6.58. The number of carbonyl (C=O) groups excluding carboxylic acids is 1. The Morgan fingerprint density at radius 1 is 1.11 bits per heavy atom. The molecule has 0 saturated carbocycles. The van der Waals surface area contributed by atoms with E-state index in [1.54, 1.807) is 12.4 Å². The van der Waals surface area contributed by atoms with Gasteiger partial charge >= 0.3 is 0 Å². The van der Waals surface area contributed by atoms with E-state index in [0.717, 1.165) is 44.8 Å². The lowest BCUT2D eigenvalue weighted by molar-refractivity contribution is -0.134. The van der Waals surface area contributed by atoms with Gasteiger partial charge in [-0.3, -0.25) is 14.7 Å². The van der Waals surface area contributed by atoms with E-state index in [1.807, 2.05) is 47.4 Å². The van der Waals surface area contributed by atoms with Crippen molar-refractivity contribution in [2.45, 2.75) is 13.0 Å². The molecule has 1 aromatic carbocycles. The van der Waals surface area contributed by atoms with Gasteiger partial charge in [0.15, 0.2) is 6.61 Å². The van der Waals surface area contributed by atoms with E-state index in [0.29, 0.717) is 18.8 Å². The Kier molecular flexibility index (Phi) is 7.62. The molecule has 0 atom stereocenters. The van der Waals surface area contributed by atoms with Gasteiger partial charge in [0, 0.05) is 45.1 Å². The normalized spacial score (nSPS) is 14.7. The lowest BCUT2D eigenvalue weighted by Gasteiger charge is -2.28. The largest absolute Gasteiger partial charge is 0.484 e. The third-order valence-corrected chi connectivity index (χ3v) is 4.59. The Balaban J connectivity index is 1.53. The topological polar surface area (TPSA) is 54.9 Å². The summed E-state index contributed by atoms with van der Waals surface area (Å²) in [6, 6.07) is 13.3. The molecule has 0 spiro atoms. The predicted octanol–water partition coefficient (Wildman–Crippen LogP) is 2.21. The number of morpholine rings is 1. The maximum absolute atomic E-state index is 12.8. The van der Waals surface area contributed by atoms with Crippen molar-refractivity contribution in [3.05, 3.63) is 60.4 Å². The van der Waals surface area contributed by atoms with Crippen molar-refractivity contribution in [3.8, 4) is 5.75 Å². The molecule has 1 amide bonds. The van der Waals surface area contributed by atoms with Crippen molar-refractivity contribution < 1.29 is 14.3 Å². The van der Waals surface area contributed by atoms with Crippen molar-refractivity contribution in [2.75, 3.05) is 46.0 Å². The molecule has 2 aromatic rings. The zero-order valence-electron chi connectivity index (χ0n) is 15.6. The highest BCUT2D eigenvalue weighted by Gasteiger charge is 2.16. The van der Waals surface area contributed by atoms with E-state index in [2.05, 4.69) is 9.88 Å². The minimum Gasteiger partial charge on any atom is -0.484 e. The minimum atomic E-state index is -0.00218. The van der Waals surface area contributed by atoms with Crippen molar-refractivity contribution in [1.29, 1.82) is 0 Å². The van der Waals surface area contributed by atoms with Gasteiger partial charge in [0.1, 0.15) is 5.75 Å². The van der Waals surface area contributed by atoms with Crippen molar-refractivity contribution in [3.63, 3.8) is 0 Å². The van der Waals surface area contributed by atoms with Gasteiger partial charge in [-0.25, -0.2) is 0 Å². The quantitative estimate of drug-likeness (QED) is 0.678. The summed E-state index contributed by atoms with van der Waals surface area (Å²) in [6.45, 7) is 5.83. The van der Waals surface area contributed by atoms with Gasteiger partial charge in [-0.1, -0.05) is 18.2 Å². The highest BCUT2D eigenvalue weighted by molar-refractivity contribution is 5.77. The Morgan fingerprint density at radius 3 is 2.59 bits per heavy atom. The average molecular weight is 369 g/mol.